The Hall–Kier alpha value is -2.73. The van der Waals surface area contributed by atoms with Gasteiger partial charge in [0, 0.05) is 24.3 Å². The second-order valence-electron chi connectivity index (χ2n) is 5.17. The molecule has 0 unspecified atom stereocenters. The highest BCUT2D eigenvalue weighted by molar-refractivity contribution is 7.71. The zero-order valence-corrected chi connectivity index (χ0v) is 13.4. The molecule has 0 radical (unpaired) electrons. The maximum absolute atomic E-state index is 12.3. The molecule has 2 heterocycles. The summed E-state index contributed by atoms with van der Waals surface area (Å²) in [5.74, 6) is -0.188. The number of carbonyl (C=O) groups is 1. The first-order valence-corrected chi connectivity index (χ1v) is 7.63. The van der Waals surface area contributed by atoms with Gasteiger partial charge in [-0.1, -0.05) is 24.4 Å². The van der Waals surface area contributed by atoms with Crippen LogP contribution in [-0.4, -0.2) is 20.4 Å². The predicted molar refractivity (Wildman–Crippen MR) is 91.1 cm³/mol. The summed E-state index contributed by atoms with van der Waals surface area (Å²) in [5.41, 5.74) is 2.48. The lowest BCUT2D eigenvalue weighted by Crippen LogP contribution is -2.27. The molecular weight excluding hydrogens is 308 g/mol. The normalized spacial score (nSPS) is 11.9. The van der Waals surface area contributed by atoms with Crippen LogP contribution in [0, 0.1) is 4.64 Å². The van der Waals surface area contributed by atoms with Crippen molar-refractivity contribution in [1.82, 2.24) is 19.9 Å². The van der Waals surface area contributed by atoms with Crippen molar-refractivity contribution in [1.29, 1.82) is 0 Å². The molecule has 6 heteroatoms. The first-order chi connectivity index (χ1) is 11.1. The van der Waals surface area contributed by atoms with Crippen molar-refractivity contribution in [2.24, 2.45) is 0 Å². The van der Waals surface area contributed by atoms with E-state index < -0.39 is 0 Å². The van der Waals surface area contributed by atoms with E-state index >= 15 is 0 Å². The van der Waals surface area contributed by atoms with E-state index in [1.54, 1.807) is 30.9 Å². The number of H-pyrrole nitrogens is 1. The predicted octanol–water partition coefficient (Wildman–Crippen LogP) is 3.42. The molecule has 1 amide bonds. The van der Waals surface area contributed by atoms with Crippen LogP contribution in [0.3, 0.4) is 0 Å². The number of aromatic amines is 1. The van der Waals surface area contributed by atoms with Crippen LogP contribution < -0.4 is 5.32 Å². The molecule has 0 saturated carbocycles. The van der Waals surface area contributed by atoms with Gasteiger partial charge in [-0.05, 0) is 36.8 Å². The summed E-state index contributed by atoms with van der Waals surface area (Å²) in [4.78, 5) is 19.3. The Morgan fingerprint density at radius 1 is 1.35 bits per heavy atom. The quantitative estimate of drug-likeness (QED) is 0.723. The molecule has 0 fully saturated rings. The van der Waals surface area contributed by atoms with Gasteiger partial charge in [0.2, 0.25) is 0 Å². The Kier molecular flexibility index (Phi) is 4.34. The van der Waals surface area contributed by atoms with E-state index in [1.165, 1.54) is 0 Å². The molecule has 0 bridgehead atoms. The fraction of sp³-hybridized carbons (Fsp3) is 0.118. The maximum Gasteiger partial charge on any atom is 0.254 e. The highest BCUT2D eigenvalue weighted by Gasteiger charge is 2.13. The van der Waals surface area contributed by atoms with Crippen molar-refractivity contribution in [3.63, 3.8) is 0 Å². The molecule has 0 saturated heterocycles. The van der Waals surface area contributed by atoms with E-state index in [1.807, 2.05) is 42.0 Å². The van der Waals surface area contributed by atoms with E-state index in [9.17, 15) is 4.79 Å². The molecule has 5 nitrogen and oxygen atoms in total. The van der Waals surface area contributed by atoms with Gasteiger partial charge in [0.05, 0.1) is 17.9 Å². The Balaban J connectivity index is 1.80. The average molecular weight is 324 g/mol. The third kappa shape index (κ3) is 3.37. The third-order valence-corrected chi connectivity index (χ3v) is 3.92. The van der Waals surface area contributed by atoms with Crippen LogP contribution in [0.25, 0.3) is 5.69 Å². The fourth-order valence-electron chi connectivity index (χ4n) is 2.32. The molecule has 1 aromatic carbocycles. The molecule has 2 N–H and O–H groups in total. The van der Waals surface area contributed by atoms with Crippen LogP contribution in [0.2, 0.25) is 0 Å². The lowest BCUT2D eigenvalue weighted by molar-refractivity contribution is 0.0939. The molecule has 3 rings (SSSR count). The van der Waals surface area contributed by atoms with Crippen molar-refractivity contribution < 1.29 is 4.79 Å². The van der Waals surface area contributed by atoms with Crippen LogP contribution in [0.1, 0.15) is 28.9 Å². The minimum atomic E-state index is -0.188. The van der Waals surface area contributed by atoms with Crippen molar-refractivity contribution in [3.05, 3.63) is 77.1 Å². The SMILES string of the molecule is C[C@@H](NC(=O)c1ccc[nH]c1=S)c1cccc(-n2ccnc2)c1. The average Bonchev–Trinajstić information content (AvgIpc) is 3.10. The summed E-state index contributed by atoms with van der Waals surface area (Å²) in [6.07, 6.45) is 7.06. The summed E-state index contributed by atoms with van der Waals surface area (Å²) in [6.45, 7) is 1.95. The number of hydrogen-bond acceptors (Lipinski definition) is 3. The van der Waals surface area contributed by atoms with Gasteiger partial charge in [-0.15, -0.1) is 0 Å². The van der Waals surface area contributed by atoms with Crippen LogP contribution in [-0.2, 0) is 0 Å². The highest BCUT2D eigenvalue weighted by Crippen LogP contribution is 2.17. The van der Waals surface area contributed by atoms with Gasteiger partial charge in [-0.25, -0.2) is 4.98 Å². The monoisotopic (exact) mass is 324 g/mol. The second-order valence-corrected chi connectivity index (χ2v) is 5.58. The second kappa shape index (κ2) is 6.58. The number of pyridine rings is 1. The number of benzene rings is 1. The summed E-state index contributed by atoms with van der Waals surface area (Å²) in [7, 11) is 0. The summed E-state index contributed by atoms with van der Waals surface area (Å²) in [6, 6.07) is 11.3. The lowest BCUT2D eigenvalue weighted by atomic mass is 10.1. The van der Waals surface area contributed by atoms with Gasteiger partial charge in [0.1, 0.15) is 4.64 Å². The van der Waals surface area contributed by atoms with E-state index in [4.69, 9.17) is 12.2 Å². The van der Waals surface area contributed by atoms with Crippen LogP contribution in [0.5, 0.6) is 0 Å². The zero-order chi connectivity index (χ0) is 16.2. The summed E-state index contributed by atoms with van der Waals surface area (Å²) in [5, 5.41) is 2.98. The van der Waals surface area contributed by atoms with Gasteiger partial charge in [0.25, 0.3) is 5.91 Å². The minimum Gasteiger partial charge on any atom is -0.352 e. The molecule has 0 aliphatic heterocycles. The third-order valence-electron chi connectivity index (χ3n) is 3.58. The number of hydrogen-bond donors (Lipinski definition) is 2. The highest BCUT2D eigenvalue weighted by atomic mass is 32.1. The Bertz CT molecular complexity index is 870. The number of imidazole rings is 1. The van der Waals surface area contributed by atoms with Crippen LogP contribution in [0.4, 0.5) is 0 Å². The zero-order valence-electron chi connectivity index (χ0n) is 12.6. The van der Waals surface area contributed by atoms with Gasteiger partial charge in [0.15, 0.2) is 0 Å². The lowest BCUT2D eigenvalue weighted by Gasteiger charge is -2.15. The number of nitrogens with zero attached hydrogens (tertiary/aromatic N) is 2. The number of amides is 1. The summed E-state index contributed by atoms with van der Waals surface area (Å²) >= 11 is 5.15. The van der Waals surface area contributed by atoms with Crippen LogP contribution >= 0.6 is 12.2 Å². The van der Waals surface area contributed by atoms with Crippen molar-refractivity contribution in [3.8, 4) is 5.69 Å². The number of nitrogens with one attached hydrogen (secondary N) is 2. The van der Waals surface area contributed by atoms with E-state index in [-0.39, 0.29) is 11.9 Å². The number of carbonyl (C=O) groups excluding carboxylic acids is 1. The van der Waals surface area contributed by atoms with Gasteiger partial charge in [-0.3, -0.25) is 4.79 Å². The van der Waals surface area contributed by atoms with Crippen molar-refractivity contribution >= 4 is 18.1 Å². The van der Waals surface area contributed by atoms with Crippen molar-refractivity contribution in [2.75, 3.05) is 0 Å². The standard InChI is InChI=1S/C17H16N4OS/c1-12(20-16(22)15-6-3-7-19-17(15)23)13-4-2-5-14(10-13)21-9-8-18-11-21/h2-12H,1H3,(H,19,23)(H,20,22)/t12-/m1/s1. The van der Waals surface area contributed by atoms with Crippen LogP contribution in [0.15, 0.2) is 61.3 Å². The molecule has 23 heavy (non-hydrogen) atoms. The molecule has 116 valence electrons. The van der Waals surface area contributed by atoms with Gasteiger partial charge >= 0.3 is 0 Å². The molecule has 0 aliphatic carbocycles. The smallest absolute Gasteiger partial charge is 0.254 e. The van der Waals surface area contributed by atoms with E-state index in [0.717, 1.165) is 11.3 Å². The summed E-state index contributed by atoms with van der Waals surface area (Å²) < 4.78 is 2.36. The largest absolute Gasteiger partial charge is 0.352 e. The molecular formula is C17H16N4OS. The Morgan fingerprint density at radius 2 is 2.22 bits per heavy atom. The van der Waals surface area contributed by atoms with Crippen molar-refractivity contribution in [2.45, 2.75) is 13.0 Å². The first-order valence-electron chi connectivity index (χ1n) is 7.22. The maximum atomic E-state index is 12.3. The van der Waals surface area contributed by atoms with Gasteiger partial charge < -0.3 is 14.9 Å². The molecule has 3 aromatic rings. The Labute approximate surface area is 139 Å². The minimum absolute atomic E-state index is 0.138. The van der Waals surface area contributed by atoms with E-state index in [2.05, 4.69) is 15.3 Å². The first kappa shape index (κ1) is 15.2. The number of rotatable bonds is 4. The number of aromatic nitrogens is 3. The molecule has 0 aliphatic rings. The van der Waals surface area contributed by atoms with E-state index in [0.29, 0.717) is 10.2 Å². The molecule has 1 atom stereocenters. The fourth-order valence-corrected chi connectivity index (χ4v) is 2.55. The van der Waals surface area contributed by atoms with Gasteiger partial charge in [-0.2, -0.15) is 0 Å². The molecule has 2 aromatic heterocycles. The molecule has 0 spiro atoms. The topological polar surface area (TPSA) is 62.7 Å². The Morgan fingerprint density at radius 3 is 2.96 bits per heavy atom.